The van der Waals surface area contributed by atoms with Gasteiger partial charge in [0.05, 0.1) is 6.42 Å². The van der Waals surface area contributed by atoms with Crippen molar-refractivity contribution in [1.29, 1.82) is 0 Å². The summed E-state index contributed by atoms with van der Waals surface area (Å²) < 4.78 is 0. The lowest BCUT2D eigenvalue weighted by molar-refractivity contribution is -0.150. The molecule has 0 bridgehead atoms. The van der Waals surface area contributed by atoms with Gasteiger partial charge in [-0.3, -0.25) is 4.79 Å². The Hall–Kier alpha value is -1.55. The number of amides is 1. The number of hydrogen-bond acceptors (Lipinski definition) is 2. The second-order valence-corrected chi connectivity index (χ2v) is 6.82. The Labute approximate surface area is 135 Å². The third kappa shape index (κ3) is 3.80. The number of rotatable bonds is 4. The maximum Gasteiger partial charge on any atom is 0.329 e. The van der Waals surface area contributed by atoms with Crippen LogP contribution in [-0.4, -0.2) is 22.5 Å². The minimum absolute atomic E-state index is 0.0997. The van der Waals surface area contributed by atoms with Crippen LogP contribution in [0.5, 0.6) is 0 Å². The number of nitrogens with one attached hydrogen (secondary N) is 1. The van der Waals surface area contributed by atoms with Crippen LogP contribution in [0.3, 0.4) is 0 Å². The molecular formula is C17H22ClNO3. The van der Waals surface area contributed by atoms with Crippen LogP contribution in [0.1, 0.15) is 43.7 Å². The van der Waals surface area contributed by atoms with Gasteiger partial charge >= 0.3 is 5.97 Å². The van der Waals surface area contributed by atoms with Gasteiger partial charge in [-0.1, -0.05) is 43.5 Å². The Morgan fingerprint density at radius 2 is 2.18 bits per heavy atom. The molecule has 1 aromatic carbocycles. The summed E-state index contributed by atoms with van der Waals surface area (Å²) in [7, 11) is 0. The normalized spacial score (nSPS) is 24.8. The number of aliphatic carboxylic acids is 1. The van der Waals surface area contributed by atoms with Gasteiger partial charge in [-0.2, -0.15) is 0 Å². The van der Waals surface area contributed by atoms with Crippen molar-refractivity contribution in [2.24, 2.45) is 5.92 Å². The molecule has 5 heteroatoms. The van der Waals surface area contributed by atoms with E-state index in [4.69, 9.17) is 11.6 Å². The lowest BCUT2D eigenvalue weighted by Gasteiger charge is -2.37. The van der Waals surface area contributed by atoms with E-state index in [1.807, 2.05) is 26.0 Å². The van der Waals surface area contributed by atoms with E-state index >= 15 is 0 Å². The van der Waals surface area contributed by atoms with E-state index in [9.17, 15) is 14.7 Å². The second-order valence-electron chi connectivity index (χ2n) is 6.41. The van der Waals surface area contributed by atoms with Crippen molar-refractivity contribution in [2.75, 3.05) is 0 Å². The highest BCUT2D eigenvalue weighted by molar-refractivity contribution is 6.31. The molecular weight excluding hydrogens is 302 g/mol. The number of halogens is 1. The summed E-state index contributed by atoms with van der Waals surface area (Å²) in [6, 6.07) is 5.51. The van der Waals surface area contributed by atoms with E-state index in [1.165, 1.54) is 0 Å². The van der Waals surface area contributed by atoms with Crippen LogP contribution in [0, 0.1) is 12.8 Å². The molecule has 2 unspecified atom stereocenters. The first-order chi connectivity index (χ1) is 10.3. The summed E-state index contributed by atoms with van der Waals surface area (Å²) in [5.74, 6) is -0.933. The zero-order chi connectivity index (χ0) is 16.3. The number of carbonyl (C=O) groups excluding carboxylic acids is 1. The van der Waals surface area contributed by atoms with Crippen LogP contribution >= 0.6 is 11.6 Å². The standard InChI is InChI=1S/C17H22ClNO3/c1-11-5-6-13(14(18)8-11)9-15(20)19-17(16(21)22)7-3-4-12(2)10-17/h5-6,8,12H,3-4,7,9-10H2,1-2H3,(H,19,20)(H,21,22). The number of hydrogen-bond donors (Lipinski definition) is 2. The van der Waals surface area contributed by atoms with Crippen molar-refractivity contribution in [3.8, 4) is 0 Å². The first-order valence-electron chi connectivity index (χ1n) is 7.62. The fourth-order valence-electron chi connectivity index (χ4n) is 3.19. The molecule has 1 aliphatic carbocycles. The minimum Gasteiger partial charge on any atom is -0.480 e. The molecule has 2 rings (SSSR count). The molecule has 1 aliphatic rings. The zero-order valence-electron chi connectivity index (χ0n) is 13.0. The smallest absolute Gasteiger partial charge is 0.329 e. The zero-order valence-corrected chi connectivity index (χ0v) is 13.7. The molecule has 4 nitrogen and oxygen atoms in total. The Morgan fingerprint density at radius 1 is 1.45 bits per heavy atom. The fourth-order valence-corrected chi connectivity index (χ4v) is 3.49. The van der Waals surface area contributed by atoms with Crippen LogP contribution in [0.2, 0.25) is 5.02 Å². The van der Waals surface area contributed by atoms with Crippen LogP contribution < -0.4 is 5.32 Å². The van der Waals surface area contributed by atoms with Gasteiger partial charge in [-0.15, -0.1) is 0 Å². The third-order valence-corrected chi connectivity index (χ3v) is 4.70. The molecule has 1 saturated carbocycles. The van der Waals surface area contributed by atoms with E-state index in [1.54, 1.807) is 6.07 Å². The molecule has 0 spiro atoms. The topological polar surface area (TPSA) is 66.4 Å². The first kappa shape index (κ1) is 16.8. The van der Waals surface area contributed by atoms with Gasteiger partial charge in [0.1, 0.15) is 5.54 Å². The van der Waals surface area contributed by atoms with Crippen molar-refractivity contribution in [3.05, 3.63) is 34.3 Å². The van der Waals surface area contributed by atoms with Crippen molar-refractivity contribution in [2.45, 2.75) is 51.5 Å². The van der Waals surface area contributed by atoms with Gasteiger partial charge < -0.3 is 10.4 Å². The maximum absolute atomic E-state index is 12.3. The first-order valence-corrected chi connectivity index (χ1v) is 7.99. The Bertz CT molecular complexity index is 587. The summed E-state index contributed by atoms with van der Waals surface area (Å²) in [6.45, 7) is 3.96. The van der Waals surface area contributed by atoms with Crippen molar-refractivity contribution in [3.63, 3.8) is 0 Å². The Kier molecular flexibility index (Phi) is 5.12. The van der Waals surface area contributed by atoms with Gasteiger partial charge in [-0.25, -0.2) is 4.79 Å². The van der Waals surface area contributed by atoms with Crippen LogP contribution in [0.15, 0.2) is 18.2 Å². The molecule has 0 aliphatic heterocycles. The average molecular weight is 324 g/mol. The van der Waals surface area contributed by atoms with E-state index in [0.29, 0.717) is 29.3 Å². The Balaban J connectivity index is 2.10. The van der Waals surface area contributed by atoms with E-state index in [2.05, 4.69) is 5.32 Å². The molecule has 2 N–H and O–H groups in total. The van der Waals surface area contributed by atoms with E-state index < -0.39 is 11.5 Å². The monoisotopic (exact) mass is 323 g/mol. The number of carboxylic acids is 1. The van der Waals surface area contributed by atoms with E-state index in [0.717, 1.165) is 18.4 Å². The van der Waals surface area contributed by atoms with Crippen LogP contribution in [0.25, 0.3) is 0 Å². The minimum atomic E-state index is -1.13. The molecule has 0 saturated heterocycles. The number of carboxylic acid groups (broad SMARTS) is 1. The summed E-state index contributed by atoms with van der Waals surface area (Å²) in [6.07, 6.45) is 2.89. The third-order valence-electron chi connectivity index (χ3n) is 4.35. The lowest BCUT2D eigenvalue weighted by atomic mass is 9.76. The summed E-state index contributed by atoms with van der Waals surface area (Å²) in [5.41, 5.74) is 0.609. The van der Waals surface area contributed by atoms with E-state index in [-0.39, 0.29) is 12.3 Å². The highest BCUT2D eigenvalue weighted by atomic mass is 35.5. The predicted octanol–water partition coefficient (Wildman–Crippen LogP) is 3.34. The molecule has 0 radical (unpaired) electrons. The average Bonchev–Trinajstić information content (AvgIpc) is 2.41. The highest BCUT2D eigenvalue weighted by Crippen LogP contribution is 2.32. The van der Waals surface area contributed by atoms with Gasteiger partial charge in [0.25, 0.3) is 0 Å². The molecule has 22 heavy (non-hydrogen) atoms. The van der Waals surface area contributed by atoms with Gasteiger partial charge in [0, 0.05) is 5.02 Å². The molecule has 1 aromatic rings. The summed E-state index contributed by atoms with van der Waals surface area (Å²) in [5, 5.41) is 12.9. The van der Waals surface area contributed by atoms with Crippen LogP contribution in [-0.2, 0) is 16.0 Å². The van der Waals surface area contributed by atoms with Crippen molar-refractivity contribution in [1.82, 2.24) is 5.32 Å². The molecule has 0 aromatic heterocycles. The van der Waals surface area contributed by atoms with Gasteiger partial charge in [0.15, 0.2) is 0 Å². The van der Waals surface area contributed by atoms with Crippen molar-refractivity contribution < 1.29 is 14.7 Å². The van der Waals surface area contributed by atoms with Gasteiger partial charge in [0.2, 0.25) is 5.91 Å². The number of carbonyl (C=O) groups is 2. The fraction of sp³-hybridized carbons (Fsp3) is 0.529. The quantitative estimate of drug-likeness (QED) is 0.893. The van der Waals surface area contributed by atoms with Crippen molar-refractivity contribution >= 4 is 23.5 Å². The molecule has 120 valence electrons. The summed E-state index contributed by atoms with van der Waals surface area (Å²) in [4.78, 5) is 24.0. The number of aryl methyl sites for hydroxylation is 1. The molecule has 1 fully saturated rings. The van der Waals surface area contributed by atoms with Gasteiger partial charge in [-0.05, 0) is 42.9 Å². The molecule has 1 amide bonds. The highest BCUT2D eigenvalue weighted by Gasteiger charge is 2.43. The predicted molar refractivity (Wildman–Crippen MR) is 86.0 cm³/mol. The Morgan fingerprint density at radius 3 is 2.77 bits per heavy atom. The lowest BCUT2D eigenvalue weighted by Crippen LogP contribution is -2.57. The number of benzene rings is 1. The SMILES string of the molecule is Cc1ccc(CC(=O)NC2(C(=O)O)CCCC(C)C2)c(Cl)c1. The molecule has 0 heterocycles. The second kappa shape index (κ2) is 6.69. The maximum atomic E-state index is 12.3. The van der Waals surface area contributed by atoms with Crippen LogP contribution in [0.4, 0.5) is 0 Å². The largest absolute Gasteiger partial charge is 0.480 e. The molecule has 2 atom stereocenters. The summed E-state index contributed by atoms with van der Waals surface area (Å²) >= 11 is 6.14.